The third kappa shape index (κ3) is 2.84. The zero-order chi connectivity index (χ0) is 13.1. The third-order valence-corrected chi connectivity index (χ3v) is 3.49. The molecule has 1 aliphatic carbocycles. The molecule has 5 heteroatoms. The van der Waals surface area contributed by atoms with Gasteiger partial charge in [-0.15, -0.1) is 0 Å². The molecule has 2 heterocycles. The first-order valence-corrected chi connectivity index (χ1v) is 6.90. The van der Waals surface area contributed by atoms with Crippen LogP contribution in [-0.4, -0.2) is 15.0 Å². The molecule has 0 fully saturated rings. The van der Waals surface area contributed by atoms with E-state index in [4.69, 9.17) is 11.6 Å². The zero-order valence-electron chi connectivity index (χ0n) is 10.6. The standard InChI is InChI=1S/C14H15ClN4/c15-14-18-12-7-2-1-6-11(12)13(19-14)17-9-10-5-3-4-8-16-10/h3-5,8H,1-2,6-7,9H2,(H,17,18,19). The highest BCUT2D eigenvalue weighted by Gasteiger charge is 2.17. The van der Waals surface area contributed by atoms with Gasteiger partial charge < -0.3 is 5.32 Å². The predicted molar refractivity (Wildman–Crippen MR) is 75.2 cm³/mol. The van der Waals surface area contributed by atoms with Gasteiger partial charge in [-0.3, -0.25) is 4.98 Å². The lowest BCUT2D eigenvalue weighted by Crippen LogP contribution is -2.13. The minimum atomic E-state index is 0.323. The molecular formula is C14H15ClN4. The summed E-state index contributed by atoms with van der Waals surface area (Å²) in [4.78, 5) is 12.9. The summed E-state index contributed by atoms with van der Waals surface area (Å²) in [5, 5.41) is 3.66. The Morgan fingerprint density at radius 3 is 2.89 bits per heavy atom. The molecule has 3 rings (SSSR count). The van der Waals surface area contributed by atoms with Crippen molar-refractivity contribution in [2.75, 3.05) is 5.32 Å². The number of anilines is 1. The summed E-state index contributed by atoms with van der Waals surface area (Å²) in [6, 6.07) is 5.88. The molecule has 0 amide bonds. The van der Waals surface area contributed by atoms with Gasteiger partial charge in [-0.25, -0.2) is 9.97 Å². The van der Waals surface area contributed by atoms with Gasteiger partial charge >= 0.3 is 0 Å². The Morgan fingerprint density at radius 1 is 1.16 bits per heavy atom. The lowest BCUT2D eigenvalue weighted by atomic mass is 9.96. The van der Waals surface area contributed by atoms with Crippen molar-refractivity contribution < 1.29 is 0 Å². The quantitative estimate of drug-likeness (QED) is 0.874. The van der Waals surface area contributed by atoms with Crippen molar-refractivity contribution in [3.63, 3.8) is 0 Å². The second-order valence-corrected chi connectivity index (χ2v) is 4.99. The Kier molecular flexibility index (Phi) is 3.60. The van der Waals surface area contributed by atoms with Crippen LogP contribution in [0.3, 0.4) is 0 Å². The topological polar surface area (TPSA) is 50.7 Å². The number of aromatic nitrogens is 3. The van der Waals surface area contributed by atoms with Crippen LogP contribution < -0.4 is 5.32 Å². The molecule has 0 aliphatic heterocycles. The highest BCUT2D eigenvalue weighted by atomic mass is 35.5. The molecular weight excluding hydrogens is 260 g/mol. The number of rotatable bonds is 3. The largest absolute Gasteiger partial charge is 0.364 e. The third-order valence-electron chi connectivity index (χ3n) is 3.32. The lowest BCUT2D eigenvalue weighted by Gasteiger charge is -2.18. The van der Waals surface area contributed by atoms with Crippen LogP contribution in [0.25, 0.3) is 0 Å². The molecule has 19 heavy (non-hydrogen) atoms. The lowest BCUT2D eigenvalue weighted by molar-refractivity contribution is 0.663. The van der Waals surface area contributed by atoms with E-state index in [1.54, 1.807) is 6.20 Å². The zero-order valence-corrected chi connectivity index (χ0v) is 11.3. The van der Waals surface area contributed by atoms with E-state index in [2.05, 4.69) is 20.3 Å². The summed E-state index contributed by atoms with van der Waals surface area (Å²) in [5.74, 6) is 0.861. The Morgan fingerprint density at radius 2 is 2.05 bits per heavy atom. The molecule has 0 saturated carbocycles. The van der Waals surface area contributed by atoms with Crippen LogP contribution >= 0.6 is 11.6 Å². The number of halogens is 1. The Bertz CT molecular complexity index is 571. The maximum absolute atomic E-state index is 5.99. The van der Waals surface area contributed by atoms with Crippen molar-refractivity contribution in [2.24, 2.45) is 0 Å². The SMILES string of the molecule is Clc1nc2c(c(NCc3ccccn3)n1)CCCC2. The van der Waals surface area contributed by atoms with Crippen molar-refractivity contribution in [3.8, 4) is 0 Å². The number of nitrogens with zero attached hydrogens (tertiary/aromatic N) is 3. The van der Waals surface area contributed by atoms with Gasteiger partial charge in [-0.2, -0.15) is 0 Å². The molecule has 2 aromatic heterocycles. The molecule has 0 saturated heterocycles. The average Bonchev–Trinajstić information content (AvgIpc) is 2.45. The van der Waals surface area contributed by atoms with E-state index in [0.717, 1.165) is 30.0 Å². The highest BCUT2D eigenvalue weighted by Crippen LogP contribution is 2.26. The summed E-state index contributed by atoms with van der Waals surface area (Å²) < 4.78 is 0. The fraction of sp³-hybridized carbons (Fsp3) is 0.357. The highest BCUT2D eigenvalue weighted by molar-refractivity contribution is 6.28. The van der Waals surface area contributed by atoms with Crippen LogP contribution in [0.5, 0.6) is 0 Å². The molecule has 0 spiro atoms. The van der Waals surface area contributed by atoms with Crippen molar-refractivity contribution in [3.05, 3.63) is 46.6 Å². The molecule has 1 N–H and O–H groups in total. The molecule has 0 radical (unpaired) electrons. The fourth-order valence-corrected chi connectivity index (χ4v) is 2.57. The minimum absolute atomic E-state index is 0.323. The Balaban J connectivity index is 1.82. The number of fused-ring (bicyclic) bond motifs is 1. The van der Waals surface area contributed by atoms with Crippen molar-refractivity contribution in [1.29, 1.82) is 0 Å². The summed E-state index contributed by atoms with van der Waals surface area (Å²) in [6.45, 7) is 0.653. The molecule has 1 aliphatic rings. The normalized spacial score (nSPS) is 13.9. The monoisotopic (exact) mass is 274 g/mol. The molecule has 0 unspecified atom stereocenters. The van der Waals surface area contributed by atoms with Gasteiger partial charge in [-0.05, 0) is 49.4 Å². The van der Waals surface area contributed by atoms with Crippen molar-refractivity contribution in [2.45, 2.75) is 32.2 Å². The predicted octanol–water partition coefficient (Wildman–Crippen LogP) is 3.02. The van der Waals surface area contributed by atoms with Gasteiger partial charge in [0.05, 0.1) is 17.9 Å². The number of nitrogens with one attached hydrogen (secondary N) is 1. The van der Waals surface area contributed by atoms with Crippen LogP contribution in [0.1, 0.15) is 29.8 Å². The molecule has 0 aromatic carbocycles. The average molecular weight is 275 g/mol. The van der Waals surface area contributed by atoms with Crippen LogP contribution in [0, 0.1) is 0 Å². The second-order valence-electron chi connectivity index (χ2n) is 4.65. The first kappa shape index (κ1) is 12.4. The van der Waals surface area contributed by atoms with Gasteiger partial charge in [0, 0.05) is 11.8 Å². The summed E-state index contributed by atoms with van der Waals surface area (Å²) in [5.41, 5.74) is 3.29. The molecule has 0 bridgehead atoms. The summed E-state index contributed by atoms with van der Waals surface area (Å²) >= 11 is 5.99. The molecule has 0 atom stereocenters. The van der Waals surface area contributed by atoms with Crippen LogP contribution in [0.4, 0.5) is 5.82 Å². The number of pyridine rings is 1. The maximum atomic E-state index is 5.99. The first-order valence-electron chi connectivity index (χ1n) is 6.52. The van der Waals surface area contributed by atoms with Gasteiger partial charge in [0.15, 0.2) is 0 Å². The number of hydrogen-bond acceptors (Lipinski definition) is 4. The van der Waals surface area contributed by atoms with E-state index in [0.29, 0.717) is 11.8 Å². The summed E-state index contributed by atoms with van der Waals surface area (Å²) in [7, 11) is 0. The van der Waals surface area contributed by atoms with E-state index >= 15 is 0 Å². The Hall–Kier alpha value is -1.68. The van der Waals surface area contributed by atoms with Gasteiger partial charge in [0.2, 0.25) is 5.28 Å². The molecule has 4 nitrogen and oxygen atoms in total. The van der Waals surface area contributed by atoms with E-state index in [-0.39, 0.29) is 0 Å². The van der Waals surface area contributed by atoms with Crippen molar-refractivity contribution in [1.82, 2.24) is 15.0 Å². The fourth-order valence-electron chi connectivity index (χ4n) is 2.39. The van der Waals surface area contributed by atoms with E-state index < -0.39 is 0 Å². The number of aryl methyl sites for hydroxylation is 1. The van der Waals surface area contributed by atoms with Crippen LogP contribution in [0.15, 0.2) is 24.4 Å². The molecule has 2 aromatic rings. The minimum Gasteiger partial charge on any atom is -0.364 e. The second kappa shape index (κ2) is 5.53. The van der Waals surface area contributed by atoms with E-state index in [1.807, 2.05) is 18.2 Å². The van der Waals surface area contributed by atoms with E-state index in [1.165, 1.54) is 18.4 Å². The Labute approximate surface area is 117 Å². The molecule has 98 valence electrons. The van der Waals surface area contributed by atoms with Gasteiger partial charge in [0.1, 0.15) is 5.82 Å². The smallest absolute Gasteiger partial charge is 0.224 e. The maximum Gasteiger partial charge on any atom is 0.224 e. The van der Waals surface area contributed by atoms with Crippen molar-refractivity contribution >= 4 is 17.4 Å². The van der Waals surface area contributed by atoms with Crippen LogP contribution in [-0.2, 0) is 19.4 Å². The summed E-state index contributed by atoms with van der Waals surface area (Å²) in [6.07, 6.45) is 6.18. The van der Waals surface area contributed by atoms with E-state index in [9.17, 15) is 0 Å². The van der Waals surface area contributed by atoms with Crippen LogP contribution in [0.2, 0.25) is 5.28 Å². The number of hydrogen-bond donors (Lipinski definition) is 1. The van der Waals surface area contributed by atoms with Gasteiger partial charge in [-0.1, -0.05) is 6.07 Å². The van der Waals surface area contributed by atoms with Gasteiger partial charge in [0.25, 0.3) is 0 Å². The first-order chi connectivity index (χ1) is 9.33.